The Kier molecular flexibility index (Phi) is 4.75. The smallest absolute Gasteiger partial charge is 0.183 e. The highest BCUT2D eigenvalue weighted by atomic mass is 16.5. The molecule has 1 fully saturated rings. The van der Waals surface area contributed by atoms with Crippen molar-refractivity contribution in [3.63, 3.8) is 0 Å². The van der Waals surface area contributed by atoms with Crippen LogP contribution in [0.3, 0.4) is 0 Å². The maximum absolute atomic E-state index is 12.4. The van der Waals surface area contributed by atoms with Gasteiger partial charge in [0.15, 0.2) is 5.78 Å². The molecule has 20 heavy (non-hydrogen) atoms. The quantitative estimate of drug-likeness (QED) is 0.827. The lowest BCUT2D eigenvalue weighted by Gasteiger charge is -2.17. The molecule has 0 spiro atoms. The molecule has 0 radical (unpaired) electrons. The van der Waals surface area contributed by atoms with Crippen molar-refractivity contribution < 1.29 is 14.3 Å². The number of ketones is 1. The Hall–Kier alpha value is -1.86. The molecule has 1 heterocycles. The van der Waals surface area contributed by atoms with Gasteiger partial charge < -0.3 is 9.47 Å². The maximum Gasteiger partial charge on any atom is 0.183 e. The third-order valence-electron chi connectivity index (χ3n) is 3.61. The number of nitrogens with zero attached hydrogens (tertiary/aromatic N) is 1. The summed E-state index contributed by atoms with van der Waals surface area (Å²) in [6.45, 7) is 5.09. The van der Waals surface area contributed by atoms with Gasteiger partial charge in [-0.1, -0.05) is 19.1 Å². The highest BCUT2D eigenvalue weighted by Gasteiger charge is 2.36. The number of hydrogen-bond acceptors (Lipinski definition) is 4. The Morgan fingerprint density at radius 3 is 2.70 bits per heavy atom. The first kappa shape index (κ1) is 14.5. The molecular weight excluding hydrogens is 254 g/mol. The monoisotopic (exact) mass is 273 g/mol. The summed E-state index contributed by atoms with van der Waals surface area (Å²) in [5.74, 6) is 0.0183. The van der Waals surface area contributed by atoms with Gasteiger partial charge in [0, 0.05) is 6.61 Å². The van der Waals surface area contributed by atoms with E-state index in [4.69, 9.17) is 9.47 Å². The zero-order chi connectivity index (χ0) is 14.5. The van der Waals surface area contributed by atoms with Crippen LogP contribution < -0.4 is 4.74 Å². The third-order valence-corrected chi connectivity index (χ3v) is 3.61. The van der Waals surface area contributed by atoms with Crippen LogP contribution in [-0.4, -0.2) is 25.1 Å². The molecule has 106 valence electrons. The van der Waals surface area contributed by atoms with Gasteiger partial charge in [-0.25, -0.2) is 0 Å². The van der Waals surface area contributed by atoms with Crippen molar-refractivity contribution in [2.45, 2.75) is 32.3 Å². The predicted octanol–water partition coefficient (Wildman–Crippen LogP) is 2.69. The molecule has 4 heteroatoms. The fourth-order valence-electron chi connectivity index (χ4n) is 2.45. The molecule has 4 nitrogen and oxygen atoms in total. The number of hydrogen-bond donors (Lipinski definition) is 0. The van der Waals surface area contributed by atoms with Crippen LogP contribution in [-0.2, 0) is 9.53 Å². The predicted molar refractivity (Wildman–Crippen MR) is 74.5 cm³/mol. The summed E-state index contributed by atoms with van der Waals surface area (Å²) in [5, 5.41) is 9.31. The Morgan fingerprint density at radius 2 is 2.20 bits per heavy atom. The number of nitriles is 1. The van der Waals surface area contributed by atoms with E-state index in [0.29, 0.717) is 18.8 Å². The van der Waals surface area contributed by atoms with Crippen LogP contribution in [0.5, 0.6) is 5.75 Å². The van der Waals surface area contributed by atoms with E-state index in [1.54, 1.807) is 24.3 Å². The summed E-state index contributed by atoms with van der Waals surface area (Å²) < 4.78 is 10.8. The van der Waals surface area contributed by atoms with E-state index >= 15 is 0 Å². The number of Topliss-reactive ketones (excluding diaryl/α,β-unsaturated/α-hetero) is 1. The minimum Gasteiger partial charge on any atom is -0.494 e. The van der Waals surface area contributed by atoms with Crippen molar-refractivity contribution in [3.8, 4) is 11.8 Å². The van der Waals surface area contributed by atoms with Crippen molar-refractivity contribution in [2.24, 2.45) is 5.92 Å². The molecule has 0 aliphatic carbocycles. The summed E-state index contributed by atoms with van der Waals surface area (Å²) in [4.78, 5) is 12.4. The van der Waals surface area contributed by atoms with Gasteiger partial charge in [0.2, 0.25) is 0 Å². The molecule has 1 aliphatic heterocycles. The number of rotatable bonds is 5. The zero-order valence-electron chi connectivity index (χ0n) is 11.8. The zero-order valence-corrected chi connectivity index (χ0v) is 11.8. The van der Waals surface area contributed by atoms with E-state index in [9.17, 15) is 10.1 Å². The van der Waals surface area contributed by atoms with Gasteiger partial charge in [-0.15, -0.1) is 0 Å². The number of carbonyl (C=O) groups excluding carboxylic acids is 1. The van der Waals surface area contributed by atoms with E-state index < -0.39 is 12.0 Å². The molecule has 1 aliphatic rings. The normalized spacial score (nSPS) is 23.1. The lowest BCUT2D eigenvalue weighted by molar-refractivity contribution is -0.129. The average Bonchev–Trinajstić information content (AvgIpc) is 2.88. The maximum atomic E-state index is 12.4. The van der Waals surface area contributed by atoms with Crippen LogP contribution >= 0.6 is 0 Å². The molecule has 0 amide bonds. The highest BCUT2D eigenvalue weighted by molar-refractivity contribution is 5.92. The van der Waals surface area contributed by atoms with Crippen LogP contribution in [0.25, 0.3) is 0 Å². The molecule has 1 aromatic rings. The van der Waals surface area contributed by atoms with Crippen LogP contribution in [0.15, 0.2) is 24.3 Å². The average molecular weight is 273 g/mol. The number of carbonyl (C=O) groups is 1. The van der Waals surface area contributed by atoms with Gasteiger partial charge in [-0.05, 0) is 37.0 Å². The molecule has 3 atom stereocenters. The summed E-state index contributed by atoms with van der Waals surface area (Å²) in [7, 11) is 0. The van der Waals surface area contributed by atoms with Crippen molar-refractivity contribution in [2.75, 3.05) is 13.2 Å². The number of ether oxygens (including phenoxy) is 2. The fraction of sp³-hybridized carbons (Fsp3) is 0.500. The van der Waals surface area contributed by atoms with Crippen molar-refractivity contribution in [1.82, 2.24) is 0 Å². The first-order valence-corrected chi connectivity index (χ1v) is 6.95. The van der Waals surface area contributed by atoms with Crippen LogP contribution in [0.1, 0.15) is 31.7 Å². The summed E-state index contributed by atoms with van der Waals surface area (Å²) in [6.07, 6.45) is 0.420. The van der Waals surface area contributed by atoms with Crippen molar-refractivity contribution in [3.05, 3.63) is 29.8 Å². The van der Waals surface area contributed by atoms with Crippen LogP contribution in [0.2, 0.25) is 0 Å². The second kappa shape index (κ2) is 6.53. The molecule has 3 unspecified atom stereocenters. The molecule has 1 saturated heterocycles. The SMILES string of the molecule is CCOc1ccc(C(C#N)C(=O)C2OCCC2C)cc1. The molecular formula is C16H19NO3. The minimum atomic E-state index is -0.767. The fourth-order valence-corrected chi connectivity index (χ4v) is 2.45. The van der Waals surface area contributed by atoms with Crippen LogP contribution in [0.4, 0.5) is 0 Å². The van der Waals surface area contributed by atoms with Crippen LogP contribution in [0, 0.1) is 17.2 Å². The second-order valence-electron chi connectivity index (χ2n) is 5.02. The lowest BCUT2D eigenvalue weighted by Crippen LogP contribution is -2.29. The van der Waals surface area contributed by atoms with Gasteiger partial charge >= 0.3 is 0 Å². The van der Waals surface area contributed by atoms with E-state index in [-0.39, 0.29) is 11.7 Å². The molecule has 2 rings (SSSR count). The second-order valence-corrected chi connectivity index (χ2v) is 5.02. The van der Waals surface area contributed by atoms with E-state index in [2.05, 4.69) is 6.07 Å². The molecule has 1 aromatic carbocycles. The first-order chi connectivity index (χ1) is 9.67. The van der Waals surface area contributed by atoms with Crippen molar-refractivity contribution in [1.29, 1.82) is 5.26 Å². The Balaban J connectivity index is 2.15. The summed E-state index contributed by atoms with van der Waals surface area (Å²) in [5.41, 5.74) is 0.698. The Bertz CT molecular complexity index is 503. The molecule has 0 bridgehead atoms. The standard InChI is InChI=1S/C16H19NO3/c1-3-19-13-6-4-12(5-7-13)14(10-17)15(18)16-11(2)8-9-20-16/h4-7,11,14,16H,3,8-9H2,1-2H3. The highest BCUT2D eigenvalue weighted by Crippen LogP contribution is 2.28. The number of benzene rings is 1. The molecule has 0 N–H and O–H groups in total. The molecule has 0 aromatic heterocycles. The van der Waals surface area contributed by atoms with Crippen molar-refractivity contribution >= 4 is 5.78 Å². The van der Waals surface area contributed by atoms with Gasteiger partial charge in [0.25, 0.3) is 0 Å². The van der Waals surface area contributed by atoms with Gasteiger partial charge in [-0.2, -0.15) is 5.26 Å². The van der Waals surface area contributed by atoms with E-state index in [1.807, 2.05) is 13.8 Å². The minimum absolute atomic E-state index is 0.137. The summed E-state index contributed by atoms with van der Waals surface area (Å²) in [6, 6.07) is 9.22. The largest absolute Gasteiger partial charge is 0.494 e. The van der Waals surface area contributed by atoms with E-state index in [1.165, 1.54) is 0 Å². The van der Waals surface area contributed by atoms with Gasteiger partial charge in [-0.3, -0.25) is 4.79 Å². The topological polar surface area (TPSA) is 59.3 Å². The van der Waals surface area contributed by atoms with E-state index in [0.717, 1.165) is 12.2 Å². The van der Waals surface area contributed by atoms with Gasteiger partial charge in [0.05, 0.1) is 12.7 Å². The van der Waals surface area contributed by atoms with Gasteiger partial charge in [0.1, 0.15) is 17.8 Å². The summed E-state index contributed by atoms with van der Waals surface area (Å²) >= 11 is 0. The first-order valence-electron chi connectivity index (χ1n) is 6.95. The Labute approximate surface area is 119 Å². The molecule has 0 saturated carbocycles. The lowest BCUT2D eigenvalue weighted by atomic mass is 9.88. The Morgan fingerprint density at radius 1 is 1.50 bits per heavy atom. The third kappa shape index (κ3) is 3.00.